The molecule has 1 aromatic rings. The van der Waals surface area contributed by atoms with Gasteiger partial charge in [0.1, 0.15) is 0 Å². The van der Waals surface area contributed by atoms with Crippen LogP contribution in [0.2, 0.25) is 0 Å². The standard InChI is InChI=1S/C15H19FO4/c1-9-8-10(11(16)13(20-3)12(9)19-2)15(14(17)18)6-4-5-7-15/h8H,4-7H2,1-3H3,(H,17,18). The zero-order valence-electron chi connectivity index (χ0n) is 12.0. The van der Waals surface area contributed by atoms with Crippen molar-refractivity contribution in [2.45, 2.75) is 38.0 Å². The average molecular weight is 282 g/mol. The monoisotopic (exact) mass is 282 g/mol. The largest absolute Gasteiger partial charge is 0.492 e. The fraction of sp³-hybridized carbons (Fsp3) is 0.533. The third-order valence-corrected chi connectivity index (χ3v) is 4.15. The van der Waals surface area contributed by atoms with E-state index in [1.165, 1.54) is 14.2 Å². The molecule has 0 aliphatic heterocycles. The van der Waals surface area contributed by atoms with Gasteiger partial charge in [-0.2, -0.15) is 0 Å². The number of aryl methyl sites for hydroxylation is 1. The van der Waals surface area contributed by atoms with Gasteiger partial charge in [-0.25, -0.2) is 4.39 Å². The van der Waals surface area contributed by atoms with Gasteiger partial charge in [0.15, 0.2) is 17.3 Å². The Morgan fingerprint density at radius 2 is 1.80 bits per heavy atom. The first-order chi connectivity index (χ1) is 9.47. The number of methoxy groups -OCH3 is 2. The molecule has 1 aromatic carbocycles. The van der Waals surface area contributed by atoms with E-state index in [1.807, 2.05) is 0 Å². The maximum absolute atomic E-state index is 14.7. The summed E-state index contributed by atoms with van der Waals surface area (Å²) in [5, 5.41) is 9.58. The van der Waals surface area contributed by atoms with Gasteiger partial charge in [0.05, 0.1) is 19.6 Å². The normalized spacial score (nSPS) is 17.0. The van der Waals surface area contributed by atoms with E-state index in [0.29, 0.717) is 24.2 Å². The van der Waals surface area contributed by atoms with Gasteiger partial charge in [0.2, 0.25) is 0 Å². The van der Waals surface area contributed by atoms with Crippen LogP contribution in [0.25, 0.3) is 0 Å². The molecule has 0 heterocycles. The van der Waals surface area contributed by atoms with Gasteiger partial charge in [-0.3, -0.25) is 4.79 Å². The summed E-state index contributed by atoms with van der Waals surface area (Å²) >= 11 is 0. The highest BCUT2D eigenvalue weighted by Crippen LogP contribution is 2.47. The Kier molecular flexibility index (Phi) is 3.88. The first-order valence-corrected chi connectivity index (χ1v) is 6.63. The van der Waals surface area contributed by atoms with Crippen molar-refractivity contribution >= 4 is 5.97 Å². The summed E-state index contributed by atoms with van der Waals surface area (Å²) in [4.78, 5) is 11.7. The van der Waals surface area contributed by atoms with Crippen molar-refractivity contribution in [2.24, 2.45) is 0 Å². The number of rotatable bonds is 4. The fourth-order valence-corrected chi connectivity index (χ4v) is 3.11. The molecule has 1 aliphatic rings. The molecule has 0 spiro atoms. The third-order valence-electron chi connectivity index (χ3n) is 4.15. The molecule has 0 radical (unpaired) electrons. The lowest BCUT2D eigenvalue weighted by Crippen LogP contribution is -2.34. The number of hydrogen-bond acceptors (Lipinski definition) is 3. The summed E-state index contributed by atoms with van der Waals surface area (Å²) in [6.07, 6.45) is 2.49. The molecule has 4 nitrogen and oxygen atoms in total. The maximum atomic E-state index is 14.7. The quantitative estimate of drug-likeness (QED) is 0.922. The van der Waals surface area contributed by atoms with Crippen molar-refractivity contribution in [3.8, 4) is 11.5 Å². The van der Waals surface area contributed by atoms with Crippen LogP contribution >= 0.6 is 0 Å². The van der Waals surface area contributed by atoms with Gasteiger partial charge in [-0.05, 0) is 31.4 Å². The first-order valence-electron chi connectivity index (χ1n) is 6.63. The number of carbonyl (C=O) groups is 1. The molecule has 1 aliphatic carbocycles. The SMILES string of the molecule is COc1c(C)cc(C2(C(=O)O)CCCC2)c(F)c1OC. The molecule has 1 saturated carbocycles. The van der Waals surface area contributed by atoms with Crippen molar-refractivity contribution in [2.75, 3.05) is 14.2 Å². The highest BCUT2D eigenvalue weighted by molar-refractivity contribution is 5.82. The zero-order chi connectivity index (χ0) is 14.9. The van der Waals surface area contributed by atoms with E-state index in [-0.39, 0.29) is 11.3 Å². The van der Waals surface area contributed by atoms with E-state index in [2.05, 4.69) is 0 Å². The van der Waals surface area contributed by atoms with E-state index in [9.17, 15) is 14.3 Å². The summed E-state index contributed by atoms with van der Waals surface area (Å²) in [7, 11) is 2.79. The first kappa shape index (κ1) is 14.6. The molecule has 0 amide bonds. The van der Waals surface area contributed by atoms with Gasteiger partial charge in [0, 0.05) is 5.56 Å². The number of halogens is 1. The summed E-state index contributed by atoms with van der Waals surface area (Å²) in [5.41, 5.74) is -0.264. The lowest BCUT2D eigenvalue weighted by molar-refractivity contribution is -0.143. The molecule has 110 valence electrons. The summed E-state index contributed by atoms with van der Waals surface area (Å²) in [6, 6.07) is 1.58. The van der Waals surface area contributed by atoms with Gasteiger partial charge in [-0.15, -0.1) is 0 Å². The Balaban J connectivity index is 2.68. The van der Waals surface area contributed by atoms with Crippen molar-refractivity contribution in [1.82, 2.24) is 0 Å². The molecule has 2 rings (SSSR count). The molecule has 0 atom stereocenters. The maximum Gasteiger partial charge on any atom is 0.314 e. The van der Waals surface area contributed by atoms with Crippen LogP contribution in [0.15, 0.2) is 6.07 Å². The summed E-state index contributed by atoms with van der Waals surface area (Å²) < 4.78 is 24.9. The van der Waals surface area contributed by atoms with Gasteiger partial charge < -0.3 is 14.6 Å². The van der Waals surface area contributed by atoms with Crippen LogP contribution in [0.4, 0.5) is 4.39 Å². The van der Waals surface area contributed by atoms with Crippen LogP contribution in [-0.2, 0) is 10.2 Å². The Morgan fingerprint density at radius 3 is 2.25 bits per heavy atom. The molecule has 1 N–H and O–H groups in total. The number of aliphatic carboxylic acids is 1. The van der Waals surface area contributed by atoms with Crippen molar-refractivity contribution in [1.29, 1.82) is 0 Å². The Hall–Kier alpha value is -1.78. The molecule has 20 heavy (non-hydrogen) atoms. The zero-order valence-corrected chi connectivity index (χ0v) is 12.0. The molecule has 0 unspecified atom stereocenters. The highest BCUT2D eigenvalue weighted by atomic mass is 19.1. The van der Waals surface area contributed by atoms with Gasteiger partial charge >= 0.3 is 5.97 Å². The second kappa shape index (κ2) is 5.31. The minimum Gasteiger partial charge on any atom is -0.492 e. The smallest absolute Gasteiger partial charge is 0.314 e. The van der Waals surface area contributed by atoms with Gasteiger partial charge in [-0.1, -0.05) is 12.8 Å². The number of ether oxygens (including phenoxy) is 2. The molecular formula is C15H19FO4. The summed E-state index contributed by atoms with van der Waals surface area (Å²) in [6.45, 7) is 1.76. The van der Waals surface area contributed by atoms with Gasteiger partial charge in [0.25, 0.3) is 0 Å². The van der Waals surface area contributed by atoms with Crippen LogP contribution < -0.4 is 9.47 Å². The van der Waals surface area contributed by atoms with E-state index in [1.54, 1.807) is 13.0 Å². The molecule has 1 fully saturated rings. The van der Waals surface area contributed by atoms with Crippen molar-refractivity contribution < 1.29 is 23.8 Å². The number of carboxylic acid groups (broad SMARTS) is 1. The van der Waals surface area contributed by atoms with Crippen LogP contribution in [0.5, 0.6) is 11.5 Å². The van der Waals surface area contributed by atoms with Crippen LogP contribution in [0, 0.1) is 12.7 Å². The highest BCUT2D eigenvalue weighted by Gasteiger charge is 2.46. The predicted octanol–water partition coefficient (Wildman–Crippen LogP) is 3.05. The predicted molar refractivity (Wildman–Crippen MR) is 72.0 cm³/mol. The Labute approximate surface area is 117 Å². The fourth-order valence-electron chi connectivity index (χ4n) is 3.11. The second-order valence-corrected chi connectivity index (χ2v) is 5.22. The Morgan fingerprint density at radius 1 is 1.25 bits per heavy atom. The summed E-state index contributed by atoms with van der Waals surface area (Å²) in [5.74, 6) is -1.30. The van der Waals surface area contributed by atoms with E-state index in [0.717, 1.165) is 12.8 Å². The van der Waals surface area contributed by atoms with Crippen LogP contribution in [0.1, 0.15) is 36.8 Å². The van der Waals surface area contributed by atoms with E-state index in [4.69, 9.17) is 9.47 Å². The van der Waals surface area contributed by atoms with Crippen LogP contribution in [-0.4, -0.2) is 25.3 Å². The number of carboxylic acids is 1. The molecule has 0 saturated heterocycles. The average Bonchev–Trinajstić information content (AvgIpc) is 2.91. The number of hydrogen-bond donors (Lipinski definition) is 1. The second-order valence-electron chi connectivity index (χ2n) is 5.22. The third kappa shape index (κ3) is 2.01. The molecule has 5 heteroatoms. The number of benzene rings is 1. The van der Waals surface area contributed by atoms with Crippen LogP contribution in [0.3, 0.4) is 0 Å². The molecular weight excluding hydrogens is 263 g/mol. The topological polar surface area (TPSA) is 55.8 Å². The minimum atomic E-state index is -1.14. The lowest BCUT2D eigenvalue weighted by atomic mass is 9.78. The van der Waals surface area contributed by atoms with E-state index < -0.39 is 17.2 Å². The minimum absolute atomic E-state index is 0.0185. The molecule has 0 bridgehead atoms. The van der Waals surface area contributed by atoms with Crippen molar-refractivity contribution in [3.05, 3.63) is 23.0 Å². The Bertz CT molecular complexity index is 533. The van der Waals surface area contributed by atoms with E-state index >= 15 is 0 Å². The molecule has 0 aromatic heterocycles. The van der Waals surface area contributed by atoms with Crippen molar-refractivity contribution in [3.63, 3.8) is 0 Å². The lowest BCUT2D eigenvalue weighted by Gasteiger charge is -2.27.